The quantitative estimate of drug-likeness (QED) is 0.678. The van der Waals surface area contributed by atoms with Crippen molar-refractivity contribution in [1.29, 1.82) is 0 Å². The fourth-order valence-electron chi connectivity index (χ4n) is 1.06. The average Bonchev–Trinajstić information content (AvgIpc) is 2.50. The monoisotopic (exact) mass is 168 g/mol. The minimum atomic E-state index is 0.706. The molecule has 3 N–H and O–H groups in total. The van der Waals surface area contributed by atoms with Gasteiger partial charge in [0.1, 0.15) is 5.82 Å². The molecule has 1 aromatic heterocycles. The first-order chi connectivity index (χ1) is 5.86. The minimum absolute atomic E-state index is 0.706. The van der Waals surface area contributed by atoms with Gasteiger partial charge in [-0.05, 0) is 19.4 Å². The number of rotatable bonds is 5. The fourth-order valence-corrected chi connectivity index (χ4v) is 1.06. The molecular weight excluding hydrogens is 152 g/mol. The first-order valence-corrected chi connectivity index (χ1v) is 4.47. The largest absolute Gasteiger partial charge is 0.330 e. The van der Waals surface area contributed by atoms with Crippen LogP contribution in [-0.4, -0.2) is 21.7 Å². The van der Waals surface area contributed by atoms with Crippen molar-refractivity contribution in [3.8, 4) is 0 Å². The highest BCUT2D eigenvalue weighted by molar-refractivity contribution is 4.90. The maximum Gasteiger partial charge on any atom is 0.150 e. The predicted octanol–water partition coefficient (Wildman–Crippen LogP) is 0.649. The molecule has 0 aliphatic heterocycles. The molecule has 0 bridgehead atoms. The van der Waals surface area contributed by atoms with Crippen LogP contribution in [0.5, 0.6) is 0 Å². The second-order valence-electron chi connectivity index (χ2n) is 2.84. The highest BCUT2D eigenvalue weighted by atomic mass is 15.2. The van der Waals surface area contributed by atoms with Crippen molar-refractivity contribution in [1.82, 2.24) is 15.2 Å². The van der Waals surface area contributed by atoms with Gasteiger partial charge in [-0.2, -0.15) is 5.10 Å². The van der Waals surface area contributed by atoms with Crippen LogP contribution in [0, 0.1) is 0 Å². The lowest BCUT2D eigenvalue weighted by Crippen LogP contribution is -2.01. The van der Waals surface area contributed by atoms with E-state index in [1.807, 2.05) is 0 Å². The van der Waals surface area contributed by atoms with Crippen LogP contribution in [0.1, 0.15) is 31.4 Å². The molecule has 0 saturated carbocycles. The lowest BCUT2D eigenvalue weighted by atomic mass is 10.3. The van der Waals surface area contributed by atoms with Gasteiger partial charge < -0.3 is 5.73 Å². The molecule has 1 aromatic rings. The lowest BCUT2D eigenvalue weighted by Gasteiger charge is -1.89. The van der Waals surface area contributed by atoms with Crippen LogP contribution in [0.2, 0.25) is 0 Å². The van der Waals surface area contributed by atoms with Gasteiger partial charge >= 0.3 is 0 Å². The summed E-state index contributed by atoms with van der Waals surface area (Å²) < 4.78 is 0. The van der Waals surface area contributed by atoms with Gasteiger partial charge in [0.05, 0.1) is 0 Å². The van der Waals surface area contributed by atoms with Crippen LogP contribution in [-0.2, 0) is 12.8 Å². The molecule has 68 valence electrons. The molecule has 0 fully saturated rings. The van der Waals surface area contributed by atoms with E-state index in [9.17, 15) is 0 Å². The van der Waals surface area contributed by atoms with Gasteiger partial charge in [0, 0.05) is 12.8 Å². The van der Waals surface area contributed by atoms with Gasteiger partial charge in [0.25, 0.3) is 0 Å². The van der Waals surface area contributed by atoms with Crippen LogP contribution < -0.4 is 5.73 Å². The molecular formula is C8H16N4. The maximum absolute atomic E-state index is 5.38. The predicted molar refractivity (Wildman–Crippen MR) is 47.8 cm³/mol. The van der Waals surface area contributed by atoms with E-state index >= 15 is 0 Å². The molecule has 4 nitrogen and oxygen atoms in total. The Balaban J connectivity index is 2.41. The molecule has 0 unspecified atom stereocenters. The third kappa shape index (κ3) is 2.62. The summed E-state index contributed by atoms with van der Waals surface area (Å²) in [5.74, 6) is 1.88. The maximum atomic E-state index is 5.38. The summed E-state index contributed by atoms with van der Waals surface area (Å²) in [6.45, 7) is 2.83. The third-order valence-electron chi connectivity index (χ3n) is 1.67. The molecule has 0 amide bonds. The molecule has 4 heteroatoms. The number of nitrogens with one attached hydrogen (secondary N) is 1. The van der Waals surface area contributed by atoms with Crippen molar-refractivity contribution in [3.05, 3.63) is 11.6 Å². The minimum Gasteiger partial charge on any atom is -0.330 e. The molecule has 0 saturated heterocycles. The van der Waals surface area contributed by atoms with Gasteiger partial charge in [-0.1, -0.05) is 6.92 Å². The molecule has 0 aliphatic carbocycles. The van der Waals surface area contributed by atoms with E-state index < -0.39 is 0 Å². The normalized spacial score (nSPS) is 10.5. The fraction of sp³-hybridized carbons (Fsp3) is 0.750. The molecule has 1 rings (SSSR count). The van der Waals surface area contributed by atoms with Crippen LogP contribution in [0.4, 0.5) is 0 Å². The second kappa shape index (κ2) is 4.87. The van der Waals surface area contributed by atoms with Crippen molar-refractivity contribution < 1.29 is 0 Å². The number of nitrogens with zero attached hydrogens (tertiary/aromatic N) is 2. The summed E-state index contributed by atoms with van der Waals surface area (Å²) in [5, 5.41) is 6.99. The summed E-state index contributed by atoms with van der Waals surface area (Å²) in [6, 6.07) is 0. The second-order valence-corrected chi connectivity index (χ2v) is 2.84. The highest BCUT2D eigenvalue weighted by Crippen LogP contribution is 1.98. The Bertz CT molecular complexity index is 219. The summed E-state index contributed by atoms with van der Waals surface area (Å²) in [7, 11) is 0. The summed E-state index contributed by atoms with van der Waals surface area (Å²) in [6.07, 6.45) is 3.93. The number of H-pyrrole nitrogens is 1. The number of hydrogen-bond donors (Lipinski definition) is 2. The van der Waals surface area contributed by atoms with Crippen LogP contribution in [0.15, 0.2) is 0 Å². The summed E-state index contributed by atoms with van der Waals surface area (Å²) in [5.41, 5.74) is 5.38. The van der Waals surface area contributed by atoms with Crippen LogP contribution in [0.3, 0.4) is 0 Å². The van der Waals surface area contributed by atoms with Gasteiger partial charge in [-0.25, -0.2) is 4.98 Å². The number of aryl methyl sites for hydroxylation is 2. The molecule has 12 heavy (non-hydrogen) atoms. The standard InChI is InChI=1S/C8H16N4/c1-2-4-7-10-8(12-11-7)5-3-6-9/h2-6,9H2,1H3,(H,10,11,12). The Hall–Kier alpha value is -0.900. The van der Waals surface area contributed by atoms with Crippen LogP contribution >= 0.6 is 0 Å². The number of nitrogens with two attached hydrogens (primary N) is 1. The topological polar surface area (TPSA) is 67.6 Å². The molecule has 1 heterocycles. The van der Waals surface area contributed by atoms with E-state index in [0.29, 0.717) is 6.54 Å². The third-order valence-corrected chi connectivity index (χ3v) is 1.67. The zero-order chi connectivity index (χ0) is 8.81. The number of hydrogen-bond acceptors (Lipinski definition) is 3. The zero-order valence-electron chi connectivity index (χ0n) is 7.51. The van der Waals surface area contributed by atoms with E-state index in [1.165, 1.54) is 0 Å². The highest BCUT2D eigenvalue weighted by Gasteiger charge is 2.00. The molecule has 0 atom stereocenters. The van der Waals surface area contributed by atoms with E-state index in [-0.39, 0.29) is 0 Å². The van der Waals surface area contributed by atoms with Gasteiger partial charge in [0.15, 0.2) is 5.82 Å². The van der Waals surface area contributed by atoms with Crippen LogP contribution in [0.25, 0.3) is 0 Å². The Morgan fingerprint density at radius 2 is 2.25 bits per heavy atom. The first-order valence-electron chi connectivity index (χ1n) is 4.47. The first kappa shape index (κ1) is 9.19. The van der Waals surface area contributed by atoms with Crippen molar-refractivity contribution in [2.75, 3.05) is 6.54 Å². The smallest absolute Gasteiger partial charge is 0.150 e. The zero-order valence-corrected chi connectivity index (χ0v) is 7.51. The van der Waals surface area contributed by atoms with Crippen molar-refractivity contribution in [3.63, 3.8) is 0 Å². The molecule has 0 aliphatic rings. The Labute approximate surface area is 72.6 Å². The Kier molecular flexibility index (Phi) is 3.73. The van der Waals surface area contributed by atoms with Gasteiger partial charge in [0.2, 0.25) is 0 Å². The molecule has 0 spiro atoms. The van der Waals surface area contributed by atoms with Crippen molar-refractivity contribution in [2.24, 2.45) is 5.73 Å². The van der Waals surface area contributed by atoms with E-state index in [1.54, 1.807) is 0 Å². The van der Waals surface area contributed by atoms with E-state index in [2.05, 4.69) is 22.1 Å². The van der Waals surface area contributed by atoms with Crippen molar-refractivity contribution in [2.45, 2.75) is 32.6 Å². The van der Waals surface area contributed by atoms with E-state index in [4.69, 9.17) is 5.73 Å². The number of aromatic nitrogens is 3. The molecule has 0 aromatic carbocycles. The van der Waals surface area contributed by atoms with Gasteiger partial charge in [-0.15, -0.1) is 0 Å². The summed E-state index contributed by atoms with van der Waals surface area (Å²) in [4.78, 5) is 4.32. The van der Waals surface area contributed by atoms with Gasteiger partial charge in [-0.3, -0.25) is 5.10 Å². The summed E-state index contributed by atoms with van der Waals surface area (Å²) >= 11 is 0. The lowest BCUT2D eigenvalue weighted by molar-refractivity contribution is 0.784. The number of aromatic amines is 1. The average molecular weight is 168 g/mol. The molecule has 0 radical (unpaired) electrons. The van der Waals surface area contributed by atoms with E-state index in [0.717, 1.165) is 37.3 Å². The SMILES string of the molecule is CCCc1nc(CCCN)n[nH]1. The van der Waals surface area contributed by atoms with Crippen molar-refractivity contribution >= 4 is 0 Å². The Morgan fingerprint density at radius 3 is 2.92 bits per heavy atom. The Morgan fingerprint density at radius 1 is 1.42 bits per heavy atom.